The number of carbonyl (C=O) groups excluding carboxylic acids is 1. The summed E-state index contributed by atoms with van der Waals surface area (Å²) in [7, 11) is 1.58. The third-order valence-electron chi connectivity index (χ3n) is 10.8. The van der Waals surface area contributed by atoms with E-state index < -0.39 is 20.0 Å². The van der Waals surface area contributed by atoms with Crippen molar-refractivity contribution >= 4 is 13.7 Å². The van der Waals surface area contributed by atoms with Gasteiger partial charge >= 0.3 is 7.82 Å². The highest BCUT2D eigenvalue weighted by atomic mass is 31.2. The minimum absolute atomic E-state index is 0.0636. The second kappa shape index (κ2) is 36.6. The number of phosphoric ester groups is 1. The van der Waals surface area contributed by atoms with Gasteiger partial charge in [0.2, 0.25) is 5.91 Å². The molecule has 0 aliphatic heterocycles. The number of phosphoric acid groups is 1. The van der Waals surface area contributed by atoms with Gasteiger partial charge in [0.15, 0.2) is 0 Å². The normalized spacial score (nSPS) is 15.0. The van der Waals surface area contributed by atoms with Gasteiger partial charge in [0.25, 0.3) is 0 Å². The van der Waals surface area contributed by atoms with E-state index in [1.54, 1.807) is 6.08 Å². The SMILES string of the molecule is CCCCCCCCCCCCCCCCCCCCCCC(=O)N[C@@H](COP(=O)(O)OCC[N+](C)(C)C)[C@H](O)/C=C/CCCCCCCCC(C)CC. The molecule has 54 heavy (non-hydrogen) atoms. The fourth-order valence-electron chi connectivity index (χ4n) is 6.72. The molecule has 0 saturated heterocycles. The molecular formula is C45H92N2O6P+. The maximum Gasteiger partial charge on any atom is 0.472 e. The molecule has 0 saturated carbocycles. The maximum absolute atomic E-state index is 12.9. The van der Waals surface area contributed by atoms with Crippen molar-refractivity contribution in [1.82, 2.24) is 5.32 Å². The van der Waals surface area contributed by atoms with Crippen molar-refractivity contribution in [3.8, 4) is 0 Å². The zero-order valence-corrected chi connectivity index (χ0v) is 37.5. The van der Waals surface area contributed by atoms with Crippen molar-refractivity contribution in [2.24, 2.45) is 5.92 Å². The number of likely N-dealkylation sites (N-methyl/N-ethyl adjacent to an activating group) is 1. The van der Waals surface area contributed by atoms with Crippen LogP contribution in [0.1, 0.15) is 213 Å². The van der Waals surface area contributed by atoms with Gasteiger partial charge in [-0.1, -0.05) is 200 Å². The Kier molecular flexibility index (Phi) is 36.1. The molecule has 8 nitrogen and oxygen atoms in total. The molecule has 322 valence electrons. The zero-order chi connectivity index (χ0) is 40.2. The van der Waals surface area contributed by atoms with E-state index in [0.717, 1.165) is 44.4 Å². The first-order valence-corrected chi connectivity index (χ1v) is 24.5. The summed E-state index contributed by atoms with van der Waals surface area (Å²) < 4.78 is 23.5. The highest BCUT2D eigenvalue weighted by molar-refractivity contribution is 7.47. The van der Waals surface area contributed by atoms with Gasteiger partial charge in [-0.25, -0.2) is 4.57 Å². The highest BCUT2D eigenvalue weighted by Crippen LogP contribution is 2.43. The van der Waals surface area contributed by atoms with E-state index in [4.69, 9.17) is 9.05 Å². The van der Waals surface area contributed by atoms with E-state index in [1.807, 2.05) is 27.2 Å². The lowest BCUT2D eigenvalue weighted by molar-refractivity contribution is -0.870. The van der Waals surface area contributed by atoms with Crippen molar-refractivity contribution in [2.45, 2.75) is 226 Å². The van der Waals surface area contributed by atoms with Crippen molar-refractivity contribution in [1.29, 1.82) is 0 Å². The number of nitrogens with one attached hydrogen (secondary N) is 1. The average molecular weight is 788 g/mol. The molecule has 0 bridgehead atoms. The summed E-state index contributed by atoms with van der Waals surface area (Å²) in [6.45, 7) is 7.16. The second-order valence-electron chi connectivity index (χ2n) is 17.4. The predicted octanol–water partition coefficient (Wildman–Crippen LogP) is 12.6. The Balaban J connectivity index is 4.31. The number of carbonyl (C=O) groups is 1. The number of rotatable bonds is 41. The van der Waals surface area contributed by atoms with E-state index in [-0.39, 0.29) is 19.1 Å². The Hall–Kier alpha value is -0.760. The van der Waals surface area contributed by atoms with Crippen LogP contribution in [-0.2, 0) is 18.4 Å². The van der Waals surface area contributed by atoms with Crippen molar-refractivity contribution < 1.29 is 32.9 Å². The highest BCUT2D eigenvalue weighted by Gasteiger charge is 2.27. The second-order valence-corrected chi connectivity index (χ2v) is 18.8. The Labute approximate surface area is 335 Å². The molecule has 0 aliphatic carbocycles. The lowest BCUT2D eigenvalue weighted by atomic mass is 10.00. The number of unbranched alkanes of at least 4 members (excludes halogenated alkanes) is 25. The van der Waals surface area contributed by atoms with E-state index >= 15 is 0 Å². The van der Waals surface area contributed by atoms with Crippen LogP contribution >= 0.6 is 7.82 Å². The van der Waals surface area contributed by atoms with Crippen LogP contribution < -0.4 is 5.32 Å². The summed E-state index contributed by atoms with van der Waals surface area (Å²) in [5.74, 6) is 0.652. The third kappa shape index (κ3) is 38.1. The molecule has 0 aromatic rings. The summed E-state index contributed by atoms with van der Waals surface area (Å²) in [5, 5.41) is 13.8. The topological polar surface area (TPSA) is 105 Å². The van der Waals surface area contributed by atoms with Crippen LogP contribution in [0, 0.1) is 5.92 Å². The Morgan fingerprint density at radius 3 is 1.59 bits per heavy atom. The van der Waals surface area contributed by atoms with E-state index in [9.17, 15) is 19.4 Å². The van der Waals surface area contributed by atoms with E-state index in [1.165, 1.54) is 148 Å². The van der Waals surface area contributed by atoms with Crippen LogP contribution in [0.25, 0.3) is 0 Å². The molecule has 1 amide bonds. The van der Waals surface area contributed by atoms with Crippen LogP contribution in [0.2, 0.25) is 0 Å². The first kappa shape index (κ1) is 53.2. The smallest absolute Gasteiger partial charge is 0.387 e. The number of allylic oxidation sites excluding steroid dienone is 1. The molecule has 3 N–H and O–H groups in total. The lowest BCUT2D eigenvalue weighted by Crippen LogP contribution is -2.45. The molecule has 0 spiro atoms. The summed E-state index contributed by atoms with van der Waals surface area (Å²) in [6, 6.07) is -0.841. The van der Waals surface area contributed by atoms with Crippen molar-refractivity contribution in [3.05, 3.63) is 12.2 Å². The quantitative estimate of drug-likeness (QED) is 0.0247. The predicted molar refractivity (Wildman–Crippen MR) is 231 cm³/mol. The van der Waals surface area contributed by atoms with Gasteiger partial charge in [-0.2, -0.15) is 0 Å². The average Bonchev–Trinajstić information content (AvgIpc) is 3.12. The van der Waals surface area contributed by atoms with Crippen LogP contribution in [0.3, 0.4) is 0 Å². The van der Waals surface area contributed by atoms with Crippen LogP contribution in [0.5, 0.6) is 0 Å². The Bertz CT molecular complexity index is 911. The first-order chi connectivity index (χ1) is 25.9. The lowest BCUT2D eigenvalue weighted by Gasteiger charge is -2.25. The molecule has 2 unspecified atom stereocenters. The number of hydrogen-bond acceptors (Lipinski definition) is 5. The summed E-state index contributed by atoms with van der Waals surface area (Å²) in [4.78, 5) is 23.1. The molecule has 0 aromatic carbocycles. The molecule has 0 heterocycles. The zero-order valence-electron chi connectivity index (χ0n) is 36.6. The monoisotopic (exact) mass is 788 g/mol. The van der Waals surface area contributed by atoms with Crippen LogP contribution in [0.4, 0.5) is 0 Å². The summed E-state index contributed by atoms with van der Waals surface area (Å²) in [6.07, 6.45) is 40.0. The van der Waals surface area contributed by atoms with Crippen LogP contribution in [-0.4, -0.2) is 73.4 Å². The molecule has 0 rings (SSSR count). The maximum atomic E-state index is 12.9. The minimum Gasteiger partial charge on any atom is -0.387 e. The van der Waals surface area contributed by atoms with Crippen molar-refractivity contribution in [3.63, 3.8) is 0 Å². The van der Waals surface area contributed by atoms with Gasteiger partial charge < -0.3 is 19.8 Å². The molecular weight excluding hydrogens is 695 g/mol. The molecule has 0 radical (unpaired) electrons. The van der Waals surface area contributed by atoms with Gasteiger partial charge in [0.1, 0.15) is 13.2 Å². The van der Waals surface area contributed by atoms with Crippen LogP contribution in [0.15, 0.2) is 12.2 Å². The first-order valence-electron chi connectivity index (χ1n) is 23.0. The molecule has 0 fully saturated rings. The van der Waals surface area contributed by atoms with Gasteiger partial charge in [0, 0.05) is 6.42 Å². The van der Waals surface area contributed by atoms with Gasteiger partial charge in [0.05, 0.1) is 39.9 Å². The standard InChI is InChI=1S/C45H91N2O6P/c1-7-9-10-11-12-13-14-15-16-17-18-19-20-21-22-23-24-29-32-35-38-45(49)46-43(41-53-54(50,51)52-40-39-47(4,5)6)44(48)37-34-31-28-26-25-27-30-33-36-42(3)8-2/h34,37,42-44,48H,7-33,35-36,38-41H2,1-6H3,(H-,46,49,50,51)/p+1/b37-34+/t42?,43-,44+/m0/s1. The number of aliphatic hydroxyl groups excluding tert-OH is 1. The van der Waals surface area contributed by atoms with E-state index in [2.05, 4.69) is 26.1 Å². The Morgan fingerprint density at radius 1 is 0.685 bits per heavy atom. The number of hydrogen-bond donors (Lipinski definition) is 3. The van der Waals surface area contributed by atoms with Gasteiger partial charge in [-0.15, -0.1) is 0 Å². The number of quaternary nitrogens is 1. The Morgan fingerprint density at radius 2 is 1.13 bits per heavy atom. The molecule has 9 heteroatoms. The number of amides is 1. The van der Waals surface area contributed by atoms with Crippen molar-refractivity contribution in [2.75, 3.05) is 40.9 Å². The fraction of sp³-hybridized carbons (Fsp3) is 0.933. The molecule has 0 aromatic heterocycles. The summed E-state index contributed by atoms with van der Waals surface area (Å²) >= 11 is 0. The van der Waals surface area contributed by atoms with E-state index in [0.29, 0.717) is 17.4 Å². The molecule has 0 aliphatic rings. The van der Waals surface area contributed by atoms with Gasteiger partial charge in [-0.3, -0.25) is 13.8 Å². The fourth-order valence-corrected chi connectivity index (χ4v) is 7.46. The molecule has 4 atom stereocenters. The summed E-state index contributed by atoms with van der Waals surface area (Å²) in [5.41, 5.74) is 0. The largest absolute Gasteiger partial charge is 0.472 e. The minimum atomic E-state index is -4.33. The third-order valence-corrected chi connectivity index (χ3v) is 11.8. The number of nitrogens with zero attached hydrogens (tertiary/aromatic N) is 1. The van der Waals surface area contributed by atoms with Gasteiger partial charge in [-0.05, 0) is 25.2 Å². The number of aliphatic hydroxyl groups is 1.